The SMILES string of the molecule is C#CC(O)C1=C(C(=C)C)CCCC1. The van der Waals surface area contributed by atoms with Crippen LogP contribution in [-0.2, 0) is 0 Å². The summed E-state index contributed by atoms with van der Waals surface area (Å²) in [5, 5.41) is 9.57. The Morgan fingerprint density at radius 3 is 2.69 bits per heavy atom. The van der Waals surface area contributed by atoms with E-state index in [0.29, 0.717) is 0 Å². The van der Waals surface area contributed by atoms with E-state index in [1.807, 2.05) is 6.92 Å². The minimum atomic E-state index is -0.702. The molecule has 0 bridgehead atoms. The molecule has 1 nitrogen and oxygen atoms in total. The maximum Gasteiger partial charge on any atom is 0.136 e. The lowest BCUT2D eigenvalue weighted by molar-refractivity contribution is 0.259. The number of aliphatic hydroxyl groups is 1. The fourth-order valence-corrected chi connectivity index (χ4v) is 1.82. The molecule has 1 aliphatic rings. The Labute approximate surface area is 80.2 Å². The van der Waals surface area contributed by atoms with Crippen molar-refractivity contribution in [2.24, 2.45) is 0 Å². The molecule has 1 heteroatoms. The van der Waals surface area contributed by atoms with Crippen molar-refractivity contribution in [3.8, 4) is 12.3 Å². The Morgan fingerprint density at radius 1 is 1.54 bits per heavy atom. The summed E-state index contributed by atoms with van der Waals surface area (Å²) in [7, 11) is 0. The third-order valence-electron chi connectivity index (χ3n) is 2.51. The van der Waals surface area contributed by atoms with Gasteiger partial charge in [0, 0.05) is 0 Å². The molecular weight excluding hydrogens is 160 g/mol. The van der Waals surface area contributed by atoms with Gasteiger partial charge in [-0.05, 0) is 43.8 Å². The van der Waals surface area contributed by atoms with E-state index in [0.717, 1.165) is 30.4 Å². The van der Waals surface area contributed by atoms with Crippen molar-refractivity contribution in [1.82, 2.24) is 0 Å². The summed E-state index contributed by atoms with van der Waals surface area (Å²) in [5.74, 6) is 2.38. The molecule has 0 aromatic heterocycles. The van der Waals surface area contributed by atoms with Crippen LogP contribution in [0.3, 0.4) is 0 Å². The van der Waals surface area contributed by atoms with Crippen molar-refractivity contribution in [2.45, 2.75) is 38.7 Å². The third kappa shape index (κ3) is 2.23. The van der Waals surface area contributed by atoms with Crippen LogP contribution >= 0.6 is 0 Å². The van der Waals surface area contributed by atoms with Crippen molar-refractivity contribution < 1.29 is 5.11 Å². The second-order valence-electron chi connectivity index (χ2n) is 3.56. The summed E-state index contributed by atoms with van der Waals surface area (Å²) in [4.78, 5) is 0. The van der Waals surface area contributed by atoms with Gasteiger partial charge in [-0.2, -0.15) is 0 Å². The van der Waals surface area contributed by atoms with Crippen LogP contribution in [0.4, 0.5) is 0 Å². The Hall–Kier alpha value is -1.00. The van der Waals surface area contributed by atoms with Crippen LogP contribution in [0, 0.1) is 12.3 Å². The molecule has 1 unspecified atom stereocenters. The first kappa shape index (κ1) is 10.1. The molecular formula is C12H16O. The highest BCUT2D eigenvalue weighted by Crippen LogP contribution is 2.30. The summed E-state index contributed by atoms with van der Waals surface area (Å²) < 4.78 is 0. The van der Waals surface area contributed by atoms with Crippen molar-refractivity contribution in [2.75, 3.05) is 0 Å². The number of allylic oxidation sites excluding steroid dienone is 2. The van der Waals surface area contributed by atoms with Gasteiger partial charge in [0.1, 0.15) is 6.10 Å². The molecule has 1 rings (SSSR count). The van der Waals surface area contributed by atoms with E-state index in [1.165, 1.54) is 12.0 Å². The Morgan fingerprint density at radius 2 is 2.15 bits per heavy atom. The third-order valence-corrected chi connectivity index (χ3v) is 2.51. The summed E-state index contributed by atoms with van der Waals surface area (Å²) >= 11 is 0. The topological polar surface area (TPSA) is 20.2 Å². The highest BCUT2D eigenvalue weighted by Gasteiger charge is 2.17. The molecule has 0 saturated carbocycles. The van der Waals surface area contributed by atoms with E-state index in [1.54, 1.807) is 0 Å². The van der Waals surface area contributed by atoms with Crippen LogP contribution in [0.1, 0.15) is 32.6 Å². The van der Waals surface area contributed by atoms with E-state index in [4.69, 9.17) is 6.42 Å². The molecule has 1 aliphatic carbocycles. The van der Waals surface area contributed by atoms with Gasteiger partial charge in [-0.25, -0.2) is 0 Å². The van der Waals surface area contributed by atoms with E-state index in [9.17, 15) is 5.11 Å². The average molecular weight is 176 g/mol. The molecule has 1 atom stereocenters. The molecule has 0 fully saturated rings. The quantitative estimate of drug-likeness (QED) is 0.641. The maximum absolute atomic E-state index is 9.57. The summed E-state index contributed by atoms with van der Waals surface area (Å²) in [6, 6.07) is 0. The monoisotopic (exact) mass is 176 g/mol. The number of aliphatic hydroxyl groups excluding tert-OH is 1. The van der Waals surface area contributed by atoms with Crippen LogP contribution in [0.5, 0.6) is 0 Å². The molecule has 0 radical (unpaired) electrons. The highest BCUT2D eigenvalue weighted by atomic mass is 16.3. The molecule has 0 aromatic carbocycles. The van der Waals surface area contributed by atoms with Crippen molar-refractivity contribution in [1.29, 1.82) is 0 Å². The standard InChI is InChI=1S/C12H16O/c1-4-12(13)11-8-6-5-7-10(11)9(2)3/h1,12-13H,2,5-8H2,3H3. The maximum atomic E-state index is 9.57. The van der Waals surface area contributed by atoms with Crippen LogP contribution in [0.15, 0.2) is 23.3 Å². The van der Waals surface area contributed by atoms with E-state index < -0.39 is 6.10 Å². The molecule has 0 spiro atoms. The fourth-order valence-electron chi connectivity index (χ4n) is 1.82. The highest BCUT2D eigenvalue weighted by molar-refractivity contribution is 5.37. The molecule has 13 heavy (non-hydrogen) atoms. The normalized spacial score (nSPS) is 19.5. The molecule has 70 valence electrons. The smallest absolute Gasteiger partial charge is 0.136 e. The van der Waals surface area contributed by atoms with Crippen LogP contribution in [-0.4, -0.2) is 11.2 Å². The van der Waals surface area contributed by atoms with Crippen LogP contribution in [0.25, 0.3) is 0 Å². The van der Waals surface area contributed by atoms with Gasteiger partial charge in [-0.3, -0.25) is 0 Å². The van der Waals surface area contributed by atoms with E-state index in [-0.39, 0.29) is 0 Å². The predicted molar refractivity (Wildman–Crippen MR) is 55.1 cm³/mol. The second kappa shape index (κ2) is 4.30. The van der Waals surface area contributed by atoms with E-state index >= 15 is 0 Å². The first-order valence-corrected chi connectivity index (χ1v) is 4.68. The van der Waals surface area contributed by atoms with Gasteiger partial charge < -0.3 is 5.11 Å². The molecule has 0 saturated heterocycles. The van der Waals surface area contributed by atoms with Gasteiger partial charge in [-0.1, -0.05) is 18.1 Å². The minimum absolute atomic E-state index is 0.702. The number of rotatable bonds is 2. The largest absolute Gasteiger partial charge is 0.376 e. The first-order valence-electron chi connectivity index (χ1n) is 4.68. The second-order valence-corrected chi connectivity index (χ2v) is 3.56. The number of terminal acetylenes is 1. The summed E-state index contributed by atoms with van der Waals surface area (Å²) in [6.07, 6.45) is 8.75. The summed E-state index contributed by atoms with van der Waals surface area (Å²) in [6.45, 7) is 5.88. The van der Waals surface area contributed by atoms with Crippen molar-refractivity contribution in [3.05, 3.63) is 23.3 Å². The number of hydrogen-bond donors (Lipinski definition) is 1. The number of hydrogen-bond acceptors (Lipinski definition) is 1. The van der Waals surface area contributed by atoms with Crippen molar-refractivity contribution >= 4 is 0 Å². The lowest BCUT2D eigenvalue weighted by Gasteiger charge is -2.22. The van der Waals surface area contributed by atoms with Gasteiger partial charge >= 0.3 is 0 Å². The lowest BCUT2D eigenvalue weighted by atomic mass is 9.86. The molecule has 0 aromatic rings. The zero-order valence-corrected chi connectivity index (χ0v) is 8.14. The Balaban J connectivity index is 2.98. The van der Waals surface area contributed by atoms with Gasteiger partial charge in [0.05, 0.1) is 0 Å². The minimum Gasteiger partial charge on any atom is -0.376 e. The molecule has 1 N–H and O–H groups in total. The van der Waals surface area contributed by atoms with Gasteiger partial charge in [0.25, 0.3) is 0 Å². The zero-order chi connectivity index (χ0) is 9.84. The zero-order valence-electron chi connectivity index (χ0n) is 8.14. The molecule has 0 aliphatic heterocycles. The van der Waals surface area contributed by atoms with Crippen LogP contribution < -0.4 is 0 Å². The Bertz CT molecular complexity index is 278. The van der Waals surface area contributed by atoms with Gasteiger partial charge in [0.2, 0.25) is 0 Å². The molecule has 0 heterocycles. The summed E-state index contributed by atoms with van der Waals surface area (Å²) in [5.41, 5.74) is 3.25. The molecule has 0 amide bonds. The Kier molecular flexibility index (Phi) is 3.33. The van der Waals surface area contributed by atoms with Crippen LogP contribution in [0.2, 0.25) is 0 Å². The van der Waals surface area contributed by atoms with E-state index in [2.05, 4.69) is 12.5 Å². The predicted octanol–water partition coefficient (Wildman–Crippen LogP) is 2.43. The van der Waals surface area contributed by atoms with Gasteiger partial charge in [-0.15, -0.1) is 6.42 Å². The average Bonchev–Trinajstić information content (AvgIpc) is 2.16. The first-order chi connectivity index (χ1) is 6.16. The lowest BCUT2D eigenvalue weighted by Crippen LogP contribution is -2.13. The fraction of sp³-hybridized carbons (Fsp3) is 0.500. The van der Waals surface area contributed by atoms with Gasteiger partial charge in [0.15, 0.2) is 0 Å². The van der Waals surface area contributed by atoms with Crippen molar-refractivity contribution in [3.63, 3.8) is 0 Å².